The molecule has 0 aliphatic carbocycles. The lowest BCUT2D eigenvalue weighted by Crippen LogP contribution is -2.49. The summed E-state index contributed by atoms with van der Waals surface area (Å²) in [5.74, 6) is 0. The molecule has 7 nitrogen and oxygen atoms in total. The lowest BCUT2D eigenvalue weighted by molar-refractivity contribution is 0.143. The van der Waals surface area contributed by atoms with E-state index in [4.69, 9.17) is 0 Å². The first-order valence-corrected chi connectivity index (χ1v) is 10.1. The van der Waals surface area contributed by atoms with Crippen LogP contribution in [0.1, 0.15) is 11.1 Å². The van der Waals surface area contributed by atoms with Crippen molar-refractivity contribution in [2.24, 2.45) is 0 Å². The summed E-state index contributed by atoms with van der Waals surface area (Å²) in [5.41, 5.74) is 3.34. The second-order valence-corrected chi connectivity index (χ2v) is 7.79. The van der Waals surface area contributed by atoms with E-state index in [1.807, 2.05) is 23.1 Å². The normalized spacial score (nSPS) is 14.8. The topological polar surface area (TPSA) is 74.2 Å². The van der Waals surface area contributed by atoms with Crippen molar-refractivity contribution < 1.29 is 4.79 Å². The lowest BCUT2D eigenvalue weighted by Gasteiger charge is -2.34. The molecule has 1 fully saturated rings. The maximum absolute atomic E-state index is 12.5. The van der Waals surface area contributed by atoms with Crippen LogP contribution in [-0.2, 0) is 6.54 Å². The highest BCUT2D eigenvalue weighted by molar-refractivity contribution is 7.18. The fourth-order valence-electron chi connectivity index (χ4n) is 3.21. The molecule has 0 spiro atoms. The number of amides is 2. The second-order valence-electron chi connectivity index (χ2n) is 6.81. The molecule has 0 radical (unpaired) electrons. The van der Waals surface area contributed by atoms with E-state index in [1.54, 1.807) is 6.20 Å². The van der Waals surface area contributed by atoms with Crippen LogP contribution in [0.2, 0.25) is 0 Å². The smallest absolute Gasteiger partial charge is 0.322 e. The molecule has 8 heteroatoms. The third kappa shape index (κ3) is 4.52. The number of piperazine rings is 1. The van der Waals surface area contributed by atoms with Crippen LogP contribution in [0.3, 0.4) is 0 Å². The minimum absolute atomic E-state index is 0.126. The molecule has 3 heterocycles. The van der Waals surface area contributed by atoms with Crippen molar-refractivity contribution in [3.8, 4) is 10.7 Å². The van der Waals surface area contributed by atoms with E-state index in [2.05, 4.69) is 56.6 Å². The summed E-state index contributed by atoms with van der Waals surface area (Å²) in [6.07, 6.45) is 1.71. The first kappa shape index (κ1) is 18.5. The van der Waals surface area contributed by atoms with Crippen molar-refractivity contribution in [2.45, 2.75) is 13.5 Å². The van der Waals surface area contributed by atoms with Gasteiger partial charge in [0.25, 0.3) is 0 Å². The van der Waals surface area contributed by atoms with Crippen LogP contribution in [0.4, 0.5) is 9.93 Å². The zero-order chi connectivity index (χ0) is 19.3. The third-order valence-electron chi connectivity index (χ3n) is 4.67. The molecule has 4 rings (SSSR count). The molecule has 1 saturated heterocycles. The minimum Gasteiger partial charge on any atom is -0.322 e. The van der Waals surface area contributed by atoms with Crippen molar-refractivity contribution >= 4 is 22.5 Å². The summed E-state index contributed by atoms with van der Waals surface area (Å²) in [6.45, 7) is 6.14. The number of nitrogens with one attached hydrogen (secondary N) is 1. The van der Waals surface area contributed by atoms with E-state index in [9.17, 15) is 4.79 Å². The van der Waals surface area contributed by atoms with E-state index >= 15 is 0 Å². The molecule has 1 aliphatic rings. The van der Waals surface area contributed by atoms with Crippen LogP contribution in [0.5, 0.6) is 0 Å². The summed E-state index contributed by atoms with van der Waals surface area (Å²) in [4.78, 5) is 21.0. The van der Waals surface area contributed by atoms with Gasteiger partial charge in [-0.2, -0.15) is 0 Å². The molecule has 144 valence electrons. The van der Waals surface area contributed by atoms with Gasteiger partial charge in [-0.05, 0) is 24.6 Å². The van der Waals surface area contributed by atoms with Crippen molar-refractivity contribution in [3.05, 3.63) is 59.8 Å². The Morgan fingerprint density at radius 3 is 2.71 bits per heavy atom. The number of rotatable bonds is 4. The second kappa shape index (κ2) is 8.45. The lowest BCUT2D eigenvalue weighted by atomic mass is 10.1. The standard InChI is InChI=1S/C20H22N6OS/c1-15-5-4-6-16(13-15)14-25-9-11-26(12-10-25)20(27)22-19-24-23-18(28-19)17-7-2-3-8-21-17/h2-8,13H,9-12,14H2,1H3,(H,22,24,27). The minimum atomic E-state index is -0.126. The van der Waals surface area contributed by atoms with Gasteiger partial charge in [-0.1, -0.05) is 47.2 Å². The molecule has 1 aromatic carbocycles. The average Bonchev–Trinajstić information content (AvgIpc) is 3.18. The highest BCUT2D eigenvalue weighted by Crippen LogP contribution is 2.24. The number of carbonyl (C=O) groups is 1. The number of urea groups is 1. The molecule has 0 bridgehead atoms. The largest absolute Gasteiger partial charge is 0.323 e. The Balaban J connectivity index is 1.29. The Labute approximate surface area is 168 Å². The van der Waals surface area contributed by atoms with E-state index in [0.717, 1.165) is 25.3 Å². The predicted octanol–water partition coefficient (Wildman–Crippen LogP) is 3.26. The number of benzene rings is 1. The quantitative estimate of drug-likeness (QED) is 0.735. The summed E-state index contributed by atoms with van der Waals surface area (Å²) in [5, 5.41) is 12.2. The monoisotopic (exact) mass is 394 g/mol. The summed E-state index contributed by atoms with van der Waals surface area (Å²) < 4.78 is 0. The molecule has 1 aliphatic heterocycles. The highest BCUT2D eigenvalue weighted by atomic mass is 32.1. The van der Waals surface area contributed by atoms with E-state index in [-0.39, 0.29) is 6.03 Å². The molecular weight excluding hydrogens is 372 g/mol. The van der Waals surface area contributed by atoms with Gasteiger partial charge in [-0.25, -0.2) is 4.79 Å². The first-order chi connectivity index (χ1) is 13.7. The Morgan fingerprint density at radius 1 is 1.11 bits per heavy atom. The molecule has 0 atom stereocenters. The first-order valence-electron chi connectivity index (χ1n) is 9.26. The zero-order valence-electron chi connectivity index (χ0n) is 15.7. The number of pyridine rings is 1. The van der Waals surface area contributed by atoms with Gasteiger partial charge in [0.05, 0.1) is 0 Å². The summed E-state index contributed by atoms with van der Waals surface area (Å²) in [7, 11) is 0. The van der Waals surface area contributed by atoms with E-state index < -0.39 is 0 Å². The molecule has 1 N–H and O–H groups in total. The fourth-order valence-corrected chi connectivity index (χ4v) is 3.92. The van der Waals surface area contributed by atoms with Gasteiger partial charge < -0.3 is 4.90 Å². The van der Waals surface area contributed by atoms with Crippen molar-refractivity contribution in [3.63, 3.8) is 0 Å². The van der Waals surface area contributed by atoms with E-state index in [1.165, 1.54) is 22.5 Å². The van der Waals surface area contributed by atoms with Gasteiger partial charge in [0.1, 0.15) is 5.69 Å². The zero-order valence-corrected chi connectivity index (χ0v) is 16.5. The number of nitrogens with zero attached hydrogens (tertiary/aromatic N) is 5. The van der Waals surface area contributed by atoms with Crippen LogP contribution in [0.25, 0.3) is 10.7 Å². The number of aryl methyl sites for hydroxylation is 1. The molecule has 2 amide bonds. The van der Waals surface area contributed by atoms with Crippen molar-refractivity contribution in [1.82, 2.24) is 25.0 Å². The molecule has 0 unspecified atom stereocenters. The van der Waals surface area contributed by atoms with Gasteiger partial charge in [0.2, 0.25) is 5.13 Å². The Kier molecular flexibility index (Phi) is 5.59. The number of aromatic nitrogens is 3. The molecule has 0 saturated carbocycles. The SMILES string of the molecule is Cc1cccc(CN2CCN(C(=O)Nc3nnc(-c4ccccn4)s3)CC2)c1. The van der Waals surface area contributed by atoms with Crippen molar-refractivity contribution in [2.75, 3.05) is 31.5 Å². The summed E-state index contributed by atoms with van der Waals surface area (Å²) >= 11 is 1.33. The van der Waals surface area contributed by atoms with Gasteiger partial charge in [-0.15, -0.1) is 10.2 Å². The van der Waals surface area contributed by atoms with Crippen LogP contribution >= 0.6 is 11.3 Å². The van der Waals surface area contributed by atoms with E-state index in [0.29, 0.717) is 23.2 Å². The van der Waals surface area contributed by atoms with Crippen molar-refractivity contribution in [1.29, 1.82) is 0 Å². The number of hydrogen-bond donors (Lipinski definition) is 1. The van der Waals surface area contributed by atoms with Crippen LogP contribution in [0, 0.1) is 6.92 Å². The van der Waals surface area contributed by atoms with Gasteiger partial charge >= 0.3 is 6.03 Å². The number of carbonyl (C=O) groups excluding carboxylic acids is 1. The Bertz CT molecular complexity index is 937. The molecule has 2 aromatic heterocycles. The average molecular weight is 395 g/mol. The highest BCUT2D eigenvalue weighted by Gasteiger charge is 2.22. The molecule has 3 aromatic rings. The summed E-state index contributed by atoms with van der Waals surface area (Å²) in [6, 6.07) is 14.1. The van der Waals surface area contributed by atoms with Crippen LogP contribution < -0.4 is 5.32 Å². The Morgan fingerprint density at radius 2 is 1.96 bits per heavy atom. The van der Waals surface area contributed by atoms with Gasteiger partial charge in [0.15, 0.2) is 5.01 Å². The predicted molar refractivity (Wildman–Crippen MR) is 110 cm³/mol. The number of hydrogen-bond acceptors (Lipinski definition) is 6. The van der Waals surface area contributed by atoms with Crippen LogP contribution in [-0.4, -0.2) is 57.2 Å². The Hall–Kier alpha value is -2.84. The maximum atomic E-state index is 12.5. The van der Waals surface area contributed by atoms with Crippen LogP contribution in [0.15, 0.2) is 48.7 Å². The number of anilines is 1. The third-order valence-corrected chi connectivity index (χ3v) is 5.53. The maximum Gasteiger partial charge on any atom is 0.323 e. The molecule has 28 heavy (non-hydrogen) atoms. The molecular formula is C20H22N6OS. The van der Waals surface area contributed by atoms with Gasteiger partial charge in [-0.3, -0.25) is 15.2 Å². The van der Waals surface area contributed by atoms with Gasteiger partial charge in [0, 0.05) is 38.9 Å². The fraction of sp³-hybridized carbons (Fsp3) is 0.300.